The number of anilines is 1. The van der Waals surface area contributed by atoms with E-state index in [9.17, 15) is 14.0 Å². The number of urea groups is 1. The summed E-state index contributed by atoms with van der Waals surface area (Å²) in [6.45, 7) is 0.931. The predicted octanol–water partition coefficient (Wildman–Crippen LogP) is 3.14. The van der Waals surface area contributed by atoms with Gasteiger partial charge in [0.05, 0.1) is 0 Å². The summed E-state index contributed by atoms with van der Waals surface area (Å²) in [5, 5.41) is 5.53. The van der Waals surface area contributed by atoms with Gasteiger partial charge in [0.2, 0.25) is 5.91 Å². The van der Waals surface area contributed by atoms with Crippen LogP contribution < -0.4 is 10.6 Å². The molecule has 0 spiro atoms. The fraction of sp³-hybridized carbons (Fsp3) is 0.263. The fourth-order valence-corrected chi connectivity index (χ4v) is 2.95. The molecule has 1 atom stereocenters. The van der Waals surface area contributed by atoms with Crippen molar-refractivity contribution >= 4 is 17.6 Å². The minimum atomic E-state index is -0.503. The van der Waals surface area contributed by atoms with Crippen molar-refractivity contribution < 1.29 is 14.0 Å². The van der Waals surface area contributed by atoms with Crippen molar-refractivity contribution in [3.8, 4) is 0 Å². The summed E-state index contributed by atoms with van der Waals surface area (Å²) in [4.78, 5) is 26.4. The molecule has 1 unspecified atom stereocenters. The predicted molar refractivity (Wildman–Crippen MR) is 93.4 cm³/mol. The molecule has 1 aliphatic heterocycles. The molecule has 0 bridgehead atoms. The van der Waals surface area contributed by atoms with Crippen LogP contribution >= 0.6 is 0 Å². The van der Waals surface area contributed by atoms with E-state index >= 15 is 0 Å². The lowest BCUT2D eigenvalue weighted by Crippen LogP contribution is -2.47. The Morgan fingerprint density at radius 2 is 1.92 bits per heavy atom. The summed E-state index contributed by atoms with van der Waals surface area (Å²) in [5.41, 5.74) is 1.38. The Kier molecular flexibility index (Phi) is 5.28. The Balaban J connectivity index is 1.59. The molecule has 3 amide bonds. The highest BCUT2D eigenvalue weighted by Gasteiger charge is 2.34. The zero-order valence-corrected chi connectivity index (χ0v) is 13.7. The first-order chi connectivity index (χ1) is 12.1. The Hall–Kier alpha value is -2.89. The van der Waals surface area contributed by atoms with E-state index in [2.05, 4.69) is 10.6 Å². The number of benzene rings is 2. The van der Waals surface area contributed by atoms with Gasteiger partial charge in [0.1, 0.15) is 11.9 Å². The minimum absolute atomic E-state index is 0.171. The van der Waals surface area contributed by atoms with Crippen LogP contribution in [0.15, 0.2) is 54.6 Å². The van der Waals surface area contributed by atoms with Crippen LogP contribution in [-0.2, 0) is 11.3 Å². The number of rotatable bonds is 4. The topological polar surface area (TPSA) is 61.4 Å². The molecule has 2 aromatic carbocycles. The van der Waals surface area contributed by atoms with E-state index in [1.807, 2.05) is 30.3 Å². The van der Waals surface area contributed by atoms with Crippen molar-refractivity contribution in [2.75, 3.05) is 11.9 Å². The molecule has 3 rings (SSSR count). The summed E-state index contributed by atoms with van der Waals surface area (Å²) < 4.78 is 13.2. The first-order valence-electron chi connectivity index (χ1n) is 8.28. The Morgan fingerprint density at radius 1 is 1.12 bits per heavy atom. The highest BCUT2D eigenvalue weighted by molar-refractivity contribution is 5.94. The van der Waals surface area contributed by atoms with Gasteiger partial charge in [-0.3, -0.25) is 4.79 Å². The molecule has 0 aromatic heterocycles. The zero-order valence-electron chi connectivity index (χ0n) is 13.7. The molecule has 2 N–H and O–H groups in total. The summed E-state index contributed by atoms with van der Waals surface area (Å²) >= 11 is 0. The van der Waals surface area contributed by atoms with Crippen LogP contribution in [0, 0.1) is 5.82 Å². The van der Waals surface area contributed by atoms with Gasteiger partial charge in [0, 0.05) is 18.8 Å². The quantitative estimate of drug-likeness (QED) is 0.897. The maximum absolute atomic E-state index is 13.2. The molecule has 0 aliphatic carbocycles. The number of nitrogens with zero attached hydrogens (tertiary/aromatic N) is 1. The maximum Gasteiger partial charge on any atom is 0.322 e. The van der Waals surface area contributed by atoms with Crippen LogP contribution in [0.25, 0.3) is 0 Å². The molecule has 1 fully saturated rings. The molecule has 0 saturated carbocycles. The molecule has 1 aliphatic rings. The Morgan fingerprint density at radius 3 is 2.68 bits per heavy atom. The van der Waals surface area contributed by atoms with E-state index in [4.69, 9.17) is 0 Å². The third kappa shape index (κ3) is 4.35. The lowest BCUT2D eigenvalue weighted by molar-refractivity contribution is -0.124. The number of hydrogen-bond acceptors (Lipinski definition) is 2. The summed E-state index contributed by atoms with van der Waals surface area (Å²) in [6, 6.07) is 14.4. The van der Waals surface area contributed by atoms with E-state index in [1.165, 1.54) is 23.1 Å². The SMILES string of the molecule is O=C(NCc1ccccc1)C1CCCN1C(=O)Nc1cccc(F)c1. The van der Waals surface area contributed by atoms with Gasteiger partial charge in [0.25, 0.3) is 0 Å². The first-order valence-corrected chi connectivity index (χ1v) is 8.28. The van der Waals surface area contributed by atoms with Gasteiger partial charge in [-0.15, -0.1) is 0 Å². The third-order valence-electron chi connectivity index (χ3n) is 4.20. The van der Waals surface area contributed by atoms with E-state index in [0.29, 0.717) is 25.2 Å². The smallest absolute Gasteiger partial charge is 0.322 e. The monoisotopic (exact) mass is 341 g/mol. The second-order valence-electron chi connectivity index (χ2n) is 6.00. The van der Waals surface area contributed by atoms with Crippen molar-refractivity contribution in [1.82, 2.24) is 10.2 Å². The van der Waals surface area contributed by atoms with Crippen LogP contribution in [0.3, 0.4) is 0 Å². The van der Waals surface area contributed by atoms with Crippen LogP contribution in [0.5, 0.6) is 0 Å². The van der Waals surface area contributed by atoms with Gasteiger partial charge < -0.3 is 15.5 Å². The number of nitrogens with one attached hydrogen (secondary N) is 2. The molecule has 6 heteroatoms. The van der Waals surface area contributed by atoms with Crippen molar-refractivity contribution in [3.63, 3.8) is 0 Å². The second-order valence-corrected chi connectivity index (χ2v) is 6.00. The minimum Gasteiger partial charge on any atom is -0.350 e. The molecule has 2 aromatic rings. The molecule has 130 valence electrons. The number of amides is 3. The standard InChI is InChI=1S/C19H20FN3O2/c20-15-8-4-9-16(12-15)22-19(25)23-11-5-10-17(23)18(24)21-13-14-6-2-1-3-7-14/h1-4,6-9,12,17H,5,10-11,13H2,(H,21,24)(H,22,25). The zero-order chi connectivity index (χ0) is 17.6. The van der Waals surface area contributed by atoms with E-state index < -0.39 is 11.9 Å². The highest BCUT2D eigenvalue weighted by Crippen LogP contribution is 2.19. The van der Waals surface area contributed by atoms with Crippen molar-refractivity contribution in [2.24, 2.45) is 0 Å². The lowest BCUT2D eigenvalue weighted by atomic mass is 10.2. The second kappa shape index (κ2) is 7.79. The maximum atomic E-state index is 13.2. The summed E-state index contributed by atoms with van der Waals surface area (Å²) in [7, 11) is 0. The molecular formula is C19H20FN3O2. The molecule has 25 heavy (non-hydrogen) atoms. The van der Waals surface area contributed by atoms with Crippen LogP contribution in [0.1, 0.15) is 18.4 Å². The average Bonchev–Trinajstić information content (AvgIpc) is 3.10. The van der Waals surface area contributed by atoms with Gasteiger partial charge in [-0.05, 0) is 36.6 Å². The normalized spacial score (nSPS) is 16.5. The van der Waals surface area contributed by atoms with Gasteiger partial charge in [0.15, 0.2) is 0 Å². The van der Waals surface area contributed by atoms with Crippen molar-refractivity contribution in [2.45, 2.75) is 25.4 Å². The van der Waals surface area contributed by atoms with E-state index in [-0.39, 0.29) is 11.9 Å². The number of hydrogen-bond donors (Lipinski definition) is 2. The van der Waals surface area contributed by atoms with Gasteiger partial charge in [-0.25, -0.2) is 9.18 Å². The Bertz CT molecular complexity index is 751. The molecule has 1 saturated heterocycles. The average molecular weight is 341 g/mol. The molecular weight excluding hydrogens is 321 g/mol. The summed E-state index contributed by atoms with van der Waals surface area (Å²) in [6.07, 6.45) is 1.39. The highest BCUT2D eigenvalue weighted by atomic mass is 19.1. The van der Waals surface area contributed by atoms with Crippen molar-refractivity contribution in [3.05, 3.63) is 66.0 Å². The van der Waals surface area contributed by atoms with Crippen molar-refractivity contribution in [1.29, 1.82) is 0 Å². The van der Waals surface area contributed by atoms with Crippen LogP contribution in [0.2, 0.25) is 0 Å². The number of carbonyl (C=O) groups is 2. The molecule has 0 radical (unpaired) electrons. The lowest BCUT2D eigenvalue weighted by Gasteiger charge is -2.24. The van der Waals surface area contributed by atoms with Gasteiger partial charge >= 0.3 is 6.03 Å². The largest absolute Gasteiger partial charge is 0.350 e. The Labute approximate surface area is 145 Å². The third-order valence-corrected chi connectivity index (χ3v) is 4.20. The van der Waals surface area contributed by atoms with E-state index in [0.717, 1.165) is 12.0 Å². The number of halogens is 1. The summed E-state index contributed by atoms with van der Waals surface area (Å²) in [5.74, 6) is -0.591. The first kappa shape index (κ1) is 17.0. The van der Waals surface area contributed by atoms with Gasteiger partial charge in [-0.2, -0.15) is 0 Å². The fourth-order valence-electron chi connectivity index (χ4n) is 2.95. The number of carbonyl (C=O) groups excluding carboxylic acids is 2. The van der Waals surface area contributed by atoms with Crippen LogP contribution in [0.4, 0.5) is 14.9 Å². The molecule has 1 heterocycles. The molecule has 5 nitrogen and oxygen atoms in total. The van der Waals surface area contributed by atoms with Crippen LogP contribution in [-0.4, -0.2) is 29.4 Å². The van der Waals surface area contributed by atoms with Gasteiger partial charge in [-0.1, -0.05) is 36.4 Å². The number of likely N-dealkylation sites (tertiary alicyclic amines) is 1. The van der Waals surface area contributed by atoms with E-state index in [1.54, 1.807) is 6.07 Å².